The molecule has 0 atom stereocenters. The number of halogens is 3. The van der Waals surface area contributed by atoms with Crippen molar-refractivity contribution in [2.75, 3.05) is 49.1 Å². The van der Waals surface area contributed by atoms with E-state index in [9.17, 15) is 13.2 Å². The van der Waals surface area contributed by atoms with Crippen molar-refractivity contribution in [2.45, 2.75) is 31.4 Å². The lowest BCUT2D eigenvalue weighted by molar-refractivity contribution is -0.137. The van der Waals surface area contributed by atoms with Gasteiger partial charge in [-0.25, -0.2) is 14.8 Å². The number of aromatic nitrogens is 2. The van der Waals surface area contributed by atoms with Gasteiger partial charge in [-0.3, -0.25) is 0 Å². The lowest BCUT2D eigenvalue weighted by Gasteiger charge is -2.41. The first-order valence-electron chi connectivity index (χ1n) is 12.7. The van der Waals surface area contributed by atoms with Crippen LogP contribution in [-0.2, 0) is 11.6 Å². The normalized spacial score (nSPS) is 16.4. The summed E-state index contributed by atoms with van der Waals surface area (Å²) < 4.78 is 45.2. The molecule has 38 heavy (non-hydrogen) atoms. The Bertz CT molecular complexity index is 1360. The second kappa shape index (κ2) is 10.1. The van der Waals surface area contributed by atoms with Gasteiger partial charge in [0, 0.05) is 61.1 Å². The molecule has 3 aromatic rings. The zero-order valence-corrected chi connectivity index (χ0v) is 21.1. The molecule has 0 radical (unpaired) electrons. The maximum absolute atomic E-state index is 13.2. The molecule has 1 saturated heterocycles. The first-order chi connectivity index (χ1) is 18.3. The van der Waals surface area contributed by atoms with Gasteiger partial charge >= 0.3 is 6.18 Å². The van der Waals surface area contributed by atoms with E-state index in [1.54, 1.807) is 6.20 Å². The third-order valence-corrected chi connectivity index (χ3v) is 7.45. The topological polar surface area (TPSA) is 71.9 Å². The number of nitrogens with two attached hydrogens (primary N) is 1. The van der Waals surface area contributed by atoms with E-state index in [4.69, 9.17) is 22.0 Å². The van der Waals surface area contributed by atoms with Crippen molar-refractivity contribution >= 4 is 17.2 Å². The highest BCUT2D eigenvalue weighted by Gasteiger charge is 2.45. The van der Waals surface area contributed by atoms with Crippen LogP contribution in [0.15, 0.2) is 48.7 Å². The molecular weight excluding hydrogens is 493 g/mol. The van der Waals surface area contributed by atoms with Crippen LogP contribution in [0.25, 0.3) is 16.1 Å². The Morgan fingerprint density at radius 3 is 2.63 bits per heavy atom. The van der Waals surface area contributed by atoms with Crippen molar-refractivity contribution in [3.8, 4) is 17.1 Å². The molecule has 2 aliphatic heterocycles. The SMILES string of the molecule is [C-]#[N+]c1cc(C(F)(F)F)ccc1N1CCC2(CC1)CN(CCN)c1nc(-c3cccnc3OCC)ccc12. The minimum absolute atomic E-state index is 0.0280. The number of hydrogen-bond donors (Lipinski definition) is 1. The van der Waals surface area contributed by atoms with Gasteiger partial charge < -0.3 is 20.3 Å². The predicted octanol–water partition coefficient (Wildman–Crippen LogP) is 5.43. The second-order valence-electron chi connectivity index (χ2n) is 9.65. The zero-order chi connectivity index (χ0) is 26.9. The zero-order valence-electron chi connectivity index (χ0n) is 21.1. The van der Waals surface area contributed by atoms with E-state index in [-0.39, 0.29) is 11.1 Å². The van der Waals surface area contributed by atoms with Crippen molar-refractivity contribution in [3.63, 3.8) is 0 Å². The van der Waals surface area contributed by atoms with Gasteiger partial charge in [0.25, 0.3) is 0 Å². The summed E-state index contributed by atoms with van der Waals surface area (Å²) in [5.74, 6) is 1.45. The maximum atomic E-state index is 13.2. The quantitative estimate of drug-likeness (QED) is 0.436. The molecule has 1 aromatic carbocycles. The third kappa shape index (κ3) is 4.63. The molecule has 0 aliphatic carbocycles. The van der Waals surface area contributed by atoms with Gasteiger partial charge in [-0.05, 0) is 50.1 Å². The average molecular weight is 523 g/mol. The predicted molar refractivity (Wildman–Crippen MR) is 141 cm³/mol. The minimum Gasteiger partial charge on any atom is -0.477 e. The highest BCUT2D eigenvalue weighted by atomic mass is 19.4. The Morgan fingerprint density at radius 1 is 1.16 bits per heavy atom. The first-order valence-corrected chi connectivity index (χ1v) is 12.7. The van der Waals surface area contributed by atoms with E-state index in [1.807, 2.05) is 30.0 Å². The van der Waals surface area contributed by atoms with Crippen LogP contribution in [0.1, 0.15) is 30.9 Å². The molecule has 4 heterocycles. The largest absolute Gasteiger partial charge is 0.477 e. The molecule has 0 saturated carbocycles. The van der Waals surface area contributed by atoms with E-state index in [2.05, 4.69) is 20.8 Å². The number of alkyl halides is 3. The van der Waals surface area contributed by atoms with Crippen LogP contribution < -0.4 is 20.3 Å². The summed E-state index contributed by atoms with van der Waals surface area (Å²) in [5, 5.41) is 0. The highest BCUT2D eigenvalue weighted by Crippen LogP contribution is 2.48. The molecule has 10 heteroatoms. The lowest BCUT2D eigenvalue weighted by atomic mass is 9.74. The second-order valence-corrected chi connectivity index (χ2v) is 9.65. The van der Waals surface area contributed by atoms with Gasteiger partial charge in [-0.2, -0.15) is 13.2 Å². The summed E-state index contributed by atoms with van der Waals surface area (Å²) in [7, 11) is 0. The molecule has 1 spiro atoms. The number of benzene rings is 1. The van der Waals surface area contributed by atoms with E-state index >= 15 is 0 Å². The number of nitrogens with zero attached hydrogens (tertiary/aromatic N) is 5. The molecule has 2 N–H and O–H groups in total. The number of pyridine rings is 2. The Morgan fingerprint density at radius 2 is 1.95 bits per heavy atom. The molecule has 0 unspecified atom stereocenters. The van der Waals surface area contributed by atoms with Crippen LogP contribution in [0.2, 0.25) is 0 Å². The van der Waals surface area contributed by atoms with Crippen LogP contribution in [0.3, 0.4) is 0 Å². The van der Waals surface area contributed by atoms with Gasteiger partial charge in [0.2, 0.25) is 11.6 Å². The van der Waals surface area contributed by atoms with Gasteiger partial charge in [0.15, 0.2) is 0 Å². The monoisotopic (exact) mass is 522 g/mol. The Balaban J connectivity index is 1.43. The summed E-state index contributed by atoms with van der Waals surface area (Å²) in [6.45, 7) is 13.1. The number of piperidine rings is 1. The van der Waals surface area contributed by atoms with Crippen molar-refractivity contribution in [1.82, 2.24) is 9.97 Å². The van der Waals surface area contributed by atoms with E-state index in [0.29, 0.717) is 44.4 Å². The molecule has 0 bridgehead atoms. The van der Waals surface area contributed by atoms with Crippen molar-refractivity contribution in [1.29, 1.82) is 0 Å². The van der Waals surface area contributed by atoms with Crippen molar-refractivity contribution < 1.29 is 17.9 Å². The molecule has 2 aromatic heterocycles. The van der Waals surface area contributed by atoms with Gasteiger partial charge in [-0.15, -0.1) is 0 Å². The smallest absolute Gasteiger partial charge is 0.415 e. The van der Waals surface area contributed by atoms with Crippen LogP contribution in [-0.4, -0.2) is 49.3 Å². The fraction of sp³-hybridized carbons (Fsp3) is 0.393. The van der Waals surface area contributed by atoms with Crippen LogP contribution in [0.5, 0.6) is 5.88 Å². The summed E-state index contributed by atoms with van der Waals surface area (Å²) in [5.41, 5.74) is 8.36. The molecule has 2 aliphatic rings. The van der Waals surface area contributed by atoms with Gasteiger partial charge in [0.05, 0.1) is 24.4 Å². The summed E-state index contributed by atoms with van der Waals surface area (Å²) in [4.78, 5) is 17.1. The Hall–Kier alpha value is -3.84. The van der Waals surface area contributed by atoms with Crippen LogP contribution in [0, 0.1) is 6.57 Å². The molecule has 1 fully saturated rings. The van der Waals surface area contributed by atoms with Crippen LogP contribution in [0.4, 0.5) is 30.4 Å². The van der Waals surface area contributed by atoms with Crippen molar-refractivity contribution in [2.24, 2.45) is 5.73 Å². The van der Waals surface area contributed by atoms with Gasteiger partial charge in [0.1, 0.15) is 5.82 Å². The molecule has 5 rings (SSSR count). The highest BCUT2D eigenvalue weighted by molar-refractivity contribution is 5.73. The summed E-state index contributed by atoms with van der Waals surface area (Å²) >= 11 is 0. The van der Waals surface area contributed by atoms with E-state index in [0.717, 1.165) is 54.2 Å². The maximum Gasteiger partial charge on any atom is 0.415 e. The fourth-order valence-corrected chi connectivity index (χ4v) is 5.62. The van der Waals surface area contributed by atoms with Crippen molar-refractivity contribution in [3.05, 3.63) is 71.2 Å². The number of ether oxygens (including phenoxy) is 1. The molecule has 7 nitrogen and oxygen atoms in total. The number of hydrogen-bond acceptors (Lipinski definition) is 6. The van der Waals surface area contributed by atoms with E-state index < -0.39 is 11.7 Å². The lowest BCUT2D eigenvalue weighted by Crippen LogP contribution is -2.45. The molecular formula is C28H29F3N6O. The number of anilines is 2. The number of rotatable bonds is 6. The van der Waals surface area contributed by atoms with Crippen LogP contribution >= 0.6 is 0 Å². The summed E-state index contributed by atoms with van der Waals surface area (Å²) in [6.07, 6.45) is -1.20. The Labute approximate surface area is 219 Å². The fourth-order valence-electron chi connectivity index (χ4n) is 5.62. The molecule has 198 valence electrons. The average Bonchev–Trinajstić information content (AvgIpc) is 3.21. The summed E-state index contributed by atoms with van der Waals surface area (Å²) in [6, 6.07) is 11.4. The third-order valence-electron chi connectivity index (χ3n) is 7.45. The minimum atomic E-state index is -4.48. The first kappa shape index (κ1) is 25.8. The Kier molecular flexibility index (Phi) is 6.88. The standard InChI is InChI=1S/C28H29F3N6O/c1-3-38-26-20(5-4-13-34-26)22-8-7-21-25(35-22)37(16-12-32)18-27(21)10-14-36(15-11-27)24-9-6-19(28(29,30)31)17-23(24)33-2/h4-9,13,17H,3,10-12,14-16,18,32H2,1H3. The number of fused-ring (bicyclic) bond motifs is 2. The van der Waals surface area contributed by atoms with E-state index in [1.165, 1.54) is 6.07 Å². The van der Waals surface area contributed by atoms with Gasteiger partial charge in [-0.1, -0.05) is 12.1 Å². The molecule has 0 amide bonds.